The molecule has 1 aromatic heterocycles. The van der Waals surface area contributed by atoms with Crippen LogP contribution < -0.4 is 5.56 Å². The number of aromatic nitrogens is 2. The summed E-state index contributed by atoms with van der Waals surface area (Å²) in [5.41, 5.74) is 3.50. The normalized spacial score (nSPS) is 10.4. The molecule has 0 saturated heterocycles. The summed E-state index contributed by atoms with van der Waals surface area (Å²) in [4.78, 5) is 22.5. The highest BCUT2D eigenvalue weighted by Gasteiger charge is 2.09. The third-order valence-electron chi connectivity index (χ3n) is 2.89. The lowest BCUT2D eigenvalue weighted by molar-refractivity contribution is 0.112. The van der Waals surface area contributed by atoms with Crippen molar-refractivity contribution in [2.45, 2.75) is 13.8 Å². The van der Waals surface area contributed by atoms with Crippen molar-refractivity contribution < 1.29 is 4.79 Å². The molecule has 2 rings (SSSR count). The van der Waals surface area contributed by atoms with Gasteiger partial charge < -0.3 is 0 Å². The van der Waals surface area contributed by atoms with E-state index in [1.54, 1.807) is 7.05 Å². The maximum atomic E-state index is 11.6. The lowest BCUT2D eigenvalue weighted by Gasteiger charge is -2.08. The number of aldehydes is 1. The van der Waals surface area contributed by atoms with Crippen LogP contribution in [0.5, 0.6) is 0 Å². The number of hydrogen-bond donors (Lipinski definition) is 0. The molecule has 0 saturated carbocycles. The van der Waals surface area contributed by atoms with Crippen molar-refractivity contribution in [2.75, 3.05) is 0 Å². The van der Waals surface area contributed by atoms with Crippen LogP contribution in [0, 0.1) is 13.8 Å². The molecule has 0 bridgehead atoms. The SMILES string of the molecule is Cc1ccc(C)c(-c2cc(C=O)c(=O)n(C)n2)c1. The van der Waals surface area contributed by atoms with E-state index in [-0.39, 0.29) is 11.1 Å². The highest BCUT2D eigenvalue weighted by atomic mass is 16.1. The fraction of sp³-hybridized carbons (Fsp3) is 0.214. The van der Waals surface area contributed by atoms with Crippen molar-refractivity contribution in [1.29, 1.82) is 0 Å². The van der Waals surface area contributed by atoms with Gasteiger partial charge in [0.05, 0.1) is 11.3 Å². The van der Waals surface area contributed by atoms with E-state index in [0.29, 0.717) is 12.0 Å². The van der Waals surface area contributed by atoms with Crippen molar-refractivity contribution in [3.8, 4) is 11.3 Å². The van der Waals surface area contributed by atoms with Gasteiger partial charge in [-0.2, -0.15) is 5.10 Å². The Bertz CT molecular complexity index is 672. The van der Waals surface area contributed by atoms with Gasteiger partial charge in [-0.05, 0) is 31.5 Å². The number of aryl methyl sites for hydroxylation is 3. The number of rotatable bonds is 2. The second-order valence-corrected chi connectivity index (χ2v) is 4.35. The van der Waals surface area contributed by atoms with Crippen molar-refractivity contribution >= 4 is 6.29 Å². The molecule has 0 fully saturated rings. The molecule has 0 aliphatic rings. The van der Waals surface area contributed by atoms with Gasteiger partial charge in [-0.3, -0.25) is 9.59 Å². The van der Waals surface area contributed by atoms with Gasteiger partial charge in [0.25, 0.3) is 5.56 Å². The molecule has 0 aliphatic carbocycles. The molecule has 0 N–H and O–H groups in total. The Morgan fingerprint density at radius 2 is 1.94 bits per heavy atom. The zero-order valence-corrected chi connectivity index (χ0v) is 10.6. The van der Waals surface area contributed by atoms with Crippen molar-refractivity contribution in [3.05, 3.63) is 51.3 Å². The number of carbonyl (C=O) groups is 1. The molecule has 0 aliphatic heterocycles. The van der Waals surface area contributed by atoms with Gasteiger partial charge in [0, 0.05) is 12.6 Å². The second kappa shape index (κ2) is 4.56. The van der Waals surface area contributed by atoms with Crippen LogP contribution in [0.4, 0.5) is 0 Å². The van der Waals surface area contributed by atoms with Crippen molar-refractivity contribution in [1.82, 2.24) is 9.78 Å². The first-order valence-electron chi connectivity index (χ1n) is 5.64. The van der Waals surface area contributed by atoms with E-state index < -0.39 is 0 Å². The topological polar surface area (TPSA) is 52.0 Å². The van der Waals surface area contributed by atoms with Crippen LogP contribution in [0.2, 0.25) is 0 Å². The van der Waals surface area contributed by atoms with Crippen LogP contribution >= 0.6 is 0 Å². The van der Waals surface area contributed by atoms with Crippen molar-refractivity contribution in [3.63, 3.8) is 0 Å². The molecule has 92 valence electrons. The number of hydrogen-bond acceptors (Lipinski definition) is 3. The first-order chi connectivity index (χ1) is 8.52. The summed E-state index contributed by atoms with van der Waals surface area (Å²) < 4.78 is 1.20. The van der Waals surface area contributed by atoms with E-state index in [1.807, 2.05) is 32.0 Å². The van der Waals surface area contributed by atoms with E-state index in [2.05, 4.69) is 5.10 Å². The summed E-state index contributed by atoms with van der Waals surface area (Å²) in [6.07, 6.45) is 0.568. The maximum Gasteiger partial charge on any atom is 0.277 e. The van der Waals surface area contributed by atoms with Gasteiger partial charge in [0.1, 0.15) is 0 Å². The summed E-state index contributed by atoms with van der Waals surface area (Å²) in [6.45, 7) is 3.97. The Hall–Kier alpha value is -2.23. The molecule has 0 spiro atoms. The van der Waals surface area contributed by atoms with Gasteiger partial charge in [-0.15, -0.1) is 0 Å². The van der Waals surface area contributed by atoms with Gasteiger partial charge in [0.15, 0.2) is 6.29 Å². The van der Waals surface area contributed by atoms with Gasteiger partial charge in [-0.25, -0.2) is 4.68 Å². The first-order valence-corrected chi connectivity index (χ1v) is 5.64. The molecular formula is C14H14N2O2. The molecule has 0 unspecified atom stereocenters. The Morgan fingerprint density at radius 3 is 2.61 bits per heavy atom. The van der Waals surface area contributed by atoms with Gasteiger partial charge in [-0.1, -0.05) is 17.7 Å². The standard InChI is InChI=1S/C14H14N2O2/c1-9-4-5-10(2)12(6-9)13-7-11(8-17)14(18)16(3)15-13/h4-8H,1-3H3. The summed E-state index contributed by atoms with van der Waals surface area (Å²) >= 11 is 0. The van der Waals surface area contributed by atoms with E-state index in [9.17, 15) is 9.59 Å². The Balaban J connectivity index is 2.71. The lowest BCUT2D eigenvalue weighted by Crippen LogP contribution is -2.23. The zero-order chi connectivity index (χ0) is 13.3. The Kier molecular flexibility index (Phi) is 3.10. The smallest absolute Gasteiger partial charge is 0.277 e. The molecule has 0 amide bonds. The Labute approximate surface area is 105 Å². The summed E-state index contributed by atoms with van der Waals surface area (Å²) in [7, 11) is 1.55. The van der Waals surface area contributed by atoms with Crippen LogP contribution in [0.25, 0.3) is 11.3 Å². The molecule has 2 aromatic rings. The second-order valence-electron chi connectivity index (χ2n) is 4.35. The fourth-order valence-electron chi connectivity index (χ4n) is 1.86. The predicted octanol–water partition coefficient (Wildman–Crippen LogP) is 1.88. The predicted molar refractivity (Wildman–Crippen MR) is 69.8 cm³/mol. The summed E-state index contributed by atoms with van der Waals surface area (Å²) in [5.74, 6) is 0. The van der Waals surface area contributed by atoms with Crippen LogP contribution in [0.15, 0.2) is 29.1 Å². The number of carbonyl (C=O) groups excluding carboxylic acids is 1. The van der Waals surface area contributed by atoms with Gasteiger partial charge >= 0.3 is 0 Å². The number of nitrogens with zero attached hydrogens (tertiary/aromatic N) is 2. The fourth-order valence-corrected chi connectivity index (χ4v) is 1.86. The lowest BCUT2D eigenvalue weighted by atomic mass is 10.0. The molecule has 1 heterocycles. The monoisotopic (exact) mass is 242 g/mol. The summed E-state index contributed by atoms with van der Waals surface area (Å²) in [6, 6.07) is 7.55. The molecular weight excluding hydrogens is 228 g/mol. The Morgan fingerprint density at radius 1 is 1.22 bits per heavy atom. The minimum Gasteiger partial charge on any atom is -0.298 e. The average molecular weight is 242 g/mol. The molecule has 18 heavy (non-hydrogen) atoms. The van der Waals surface area contributed by atoms with Crippen LogP contribution in [0.3, 0.4) is 0 Å². The van der Waals surface area contributed by atoms with Crippen LogP contribution in [0.1, 0.15) is 21.5 Å². The average Bonchev–Trinajstić information content (AvgIpc) is 2.35. The van der Waals surface area contributed by atoms with E-state index in [1.165, 1.54) is 10.7 Å². The molecule has 0 radical (unpaired) electrons. The van der Waals surface area contributed by atoms with Crippen LogP contribution in [-0.2, 0) is 7.05 Å². The highest BCUT2D eigenvalue weighted by molar-refractivity contribution is 5.77. The summed E-state index contributed by atoms with van der Waals surface area (Å²) in [5, 5.41) is 4.20. The van der Waals surface area contributed by atoms with Gasteiger partial charge in [0.2, 0.25) is 0 Å². The number of benzene rings is 1. The zero-order valence-electron chi connectivity index (χ0n) is 10.6. The molecule has 0 atom stereocenters. The first kappa shape index (κ1) is 12.2. The third-order valence-corrected chi connectivity index (χ3v) is 2.89. The van der Waals surface area contributed by atoms with E-state index >= 15 is 0 Å². The van der Waals surface area contributed by atoms with Crippen molar-refractivity contribution in [2.24, 2.45) is 7.05 Å². The quantitative estimate of drug-likeness (QED) is 0.755. The molecule has 1 aromatic carbocycles. The van der Waals surface area contributed by atoms with E-state index in [4.69, 9.17) is 0 Å². The maximum absolute atomic E-state index is 11.6. The van der Waals surface area contributed by atoms with Crippen LogP contribution in [-0.4, -0.2) is 16.1 Å². The minimum absolute atomic E-state index is 0.128. The highest BCUT2D eigenvalue weighted by Crippen LogP contribution is 2.22. The third kappa shape index (κ3) is 2.09. The van der Waals surface area contributed by atoms with E-state index in [0.717, 1.165) is 16.7 Å². The molecule has 4 heteroatoms. The largest absolute Gasteiger partial charge is 0.298 e. The molecule has 4 nitrogen and oxygen atoms in total. The minimum atomic E-state index is -0.376.